The molecule has 106 valence electrons. The number of hydrogen-bond acceptors (Lipinski definition) is 2. The summed E-state index contributed by atoms with van der Waals surface area (Å²) in [6.45, 7) is 0.571. The highest BCUT2D eigenvalue weighted by molar-refractivity contribution is 7.07. The van der Waals surface area contributed by atoms with E-state index in [1.807, 2.05) is 17.5 Å². The van der Waals surface area contributed by atoms with Crippen molar-refractivity contribution in [1.82, 2.24) is 5.32 Å². The Morgan fingerprint density at radius 3 is 2.67 bits per heavy atom. The van der Waals surface area contributed by atoms with Crippen molar-refractivity contribution < 1.29 is 9.18 Å². The van der Waals surface area contributed by atoms with Gasteiger partial charge in [-0.25, -0.2) is 4.39 Å². The second-order valence-corrected chi connectivity index (χ2v) is 5.56. The molecule has 0 aliphatic heterocycles. The Balaban J connectivity index is 1.77. The van der Waals surface area contributed by atoms with Crippen molar-refractivity contribution in [1.29, 1.82) is 0 Å². The molecule has 0 saturated carbocycles. The van der Waals surface area contributed by atoms with E-state index in [0.29, 0.717) is 22.9 Å². The third kappa shape index (κ3) is 2.95. The van der Waals surface area contributed by atoms with Crippen molar-refractivity contribution in [2.24, 2.45) is 0 Å². The summed E-state index contributed by atoms with van der Waals surface area (Å²) in [5.41, 5.74) is 1.72. The van der Waals surface area contributed by atoms with Crippen LogP contribution in [0.2, 0.25) is 0 Å². The van der Waals surface area contributed by atoms with Gasteiger partial charge in [-0.2, -0.15) is 11.3 Å². The Morgan fingerprint density at radius 1 is 1.10 bits per heavy atom. The van der Waals surface area contributed by atoms with Gasteiger partial charge in [0.05, 0.1) is 0 Å². The van der Waals surface area contributed by atoms with Crippen LogP contribution in [0.4, 0.5) is 4.39 Å². The summed E-state index contributed by atoms with van der Waals surface area (Å²) < 4.78 is 13.7. The molecule has 0 aliphatic rings. The van der Waals surface area contributed by atoms with E-state index in [2.05, 4.69) is 10.7 Å². The first-order chi connectivity index (χ1) is 10.3. The van der Waals surface area contributed by atoms with E-state index >= 15 is 0 Å². The predicted octanol–water partition coefficient (Wildman–Crippen LogP) is 4.01. The van der Waals surface area contributed by atoms with E-state index < -0.39 is 0 Å². The van der Waals surface area contributed by atoms with Gasteiger partial charge in [0.25, 0.3) is 5.91 Å². The lowest BCUT2D eigenvalue weighted by molar-refractivity contribution is 0.0956. The van der Waals surface area contributed by atoms with Gasteiger partial charge in [-0.05, 0) is 46.3 Å². The molecule has 0 unspecified atom stereocenters. The topological polar surface area (TPSA) is 29.1 Å². The van der Waals surface area contributed by atoms with Crippen LogP contribution in [0.1, 0.15) is 15.9 Å². The Bertz CT molecular complexity index is 768. The number of hydrogen-bond donors (Lipinski definition) is 1. The van der Waals surface area contributed by atoms with Gasteiger partial charge in [-0.3, -0.25) is 4.79 Å². The molecule has 3 rings (SSSR count). The largest absolute Gasteiger partial charge is 0.352 e. The molecule has 0 aliphatic carbocycles. The highest BCUT2D eigenvalue weighted by Crippen LogP contribution is 2.21. The van der Waals surface area contributed by atoms with Crippen molar-refractivity contribution in [2.45, 2.75) is 6.42 Å². The molecular formula is C17H14FNOS. The minimum Gasteiger partial charge on any atom is -0.352 e. The summed E-state index contributed by atoms with van der Waals surface area (Å²) in [5, 5.41) is 8.10. The van der Waals surface area contributed by atoms with Crippen molar-refractivity contribution in [2.75, 3.05) is 6.54 Å². The van der Waals surface area contributed by atoms with Crippen LogP contribution in [0.25, 0.3) is 10.8 Å². The SMILES string of the molecule is O=C(NCCc1ccsc1)c1ccc(F)c2ccccc12. The highest BCUT2D eigenvalue weighted by Gasteiger charge is 2.11. The number of carbonyl (C=O) groups excluding carboxylic acids is 1. The molecular weight excluding hydrogens is 285 g/mol. The number of benzene rings is 2. The molecule has 1 heterocycles. The first kappa shape index (κ1) is 13.8. The maximum absolute atomic E-state index is 13.7. The zero-order chi connectivity index (χ0) is 14.7. The molecule has 0 radical (unpaired) electrons. The van der Waals surface area contributed by atoms with E-state index in [1.54, 1.807) is 29.5 Å². The van der Waals surface area contributed by atoms with Crippen LogP contribution in [0, 0.1) is 5.82 Å². The smallest absolute Gasteiger partial charge is 0.251 e. The van der Waals surface area contributed by atoms with Crippen molar-refractivity contribution in [3.05, 3.63) is 70.2 Å². The number of amides is 1. The van der Waals surface area contributed by atoms with Crippen molar-refractivity contribution in [3.63, 3.8) is 0 Å². The molecule has 0 atom stereocenters. The first-order valence-corrected chi connectivity index (χ1v) is 7.66. The maximum atomic E-state index is 13.7. The summed E-state index contributed by atoms with van der Waals surface area (Å²) in [4.78, 5) is 12.3. The third-order valence-electron chi connectivity index (χ3n) is 3.39. The molecule has 0 spiro atoms. The fourth-order valence-corrected chi connectivity index (χ4v) is 3.01. The van der Waals surface area contributed by atoms with Crippen LogP contribution < -0.4 is 5.32 Å². The minimum atomic E-state index is -0.305. The molecule has 0 bridgehead atoms. The fourth-order valence-electron chi connectivity index (χ4n) is 2.31. The van der Waals surface area contributed by atoms with Crippen LogP contribution in [-0.2, 0) is 6.42 Å². The molecule has 0 saturated heterocycles. The van der Waals surface area contributed by atoms with Gasteiger partial charge in [0.2, 0.25) is 0 Å². The lowest BCUT2D eigenvalue weighted by atomic mass is 10.0. The van der Waals surface area contributed by atoms with Crippen LogP contribution in [0.15, 0.2) is 53.2 Å². The zero-order valence-electron chi connectivity index (χ0n) is 11.3. The Kier molecular flexibility index (Phi) is 3.97. The van der Waals surface area contributed by atoms with Gasteiger partial charge in [-0.15, -0.1) is 0 Å². The molecule has 2 nitrogen and oxygen atoms in total. The average Bonchev–Trinajstić information content (AvgIpc) is 3.01. The number of fused-ring (bicyclic) bond motifs is 1. The van der Waals surface area contributed by atoms with Crippen molar-refractivity contribution in [3.8, 4) is 0 Å². The molecule has 21 heavy (non-hydrogen) atoms. The third-order valence-corrected chi connectivity index (χ3v) is 4.13. The number of rotatable bonds is 4. The summed E-state index contributed by atoms with van der Waals surface area (Å²) in [5.74, 6) is -0.471. The van der Waals surface area contributed by atoms with Gasteiger partial charge in [0, 0.05) is 17.5 Å². The number of carbonyl (C=O) groups is 1. The summed E-state index contributed by atoms with van der Waals surface area (Å²) in [7, 11) is 0. The summed E-state index contributed by atoms with van der Waals surface area (Å²) in [6, 6.07) is 12.0. The Labute approximate surface area is 126 Å². The van der Waals surface area contributed by atoms with Crippen LogP contribution in [-0.4, -0.2) is 12.5 Å². The Hall–Kier alpha value is -2.20. The monoisotopic (exact) mass is 299 g/mol. The first-order valence-electron chi connectivity index (χ1n) is 6.72. The molecule has 4 heteroatoms. The second-order valence-electron chi connectivity index (χ2n) is 4.78. The molecule has 0 fully saturated rings. The predicted molar refractivity (Wildman–Crippen MR) is 84.3 cm³/mol. The van der Waals surface area contributed by atoms with Crippen molar-refractivity contribution >= 4 is 28.0 Å². The normalized spacial score (nSPS) is 10.7. The van der Waals surface area contributed by atoms with E-state index in [1.165, 1.54) is 17.7 Å². The van der Waals surface area contributed by atoms with Gasteiger partial charge >= 0.3 is 0 Å². The number of halogens is 1. The Morgan fingerprint density at radius 2 is 1.90 bits per heavy atom. The highest BCUT2D eigenvalue weighted by atomic mass is 32.1. The lowest BCUT2D eigenvalue weighted by Gasteiger charge is -2.08. The summed E-state index contributed by atoms with van der Waals surface area (Å²) in [6.07, 6.45) is 0.800. The maximum Gasteiger partial charge on any atom is 0.251 e. The van der Waals surface area contributed by atoms with E-state index in [4.69, 9.17) is 0 Å². The van der Waals surface area contributed by atoms with Crippen LogP contribution in [0.3, 0.4) is 0 Å². The van der Waals surface area contributed by atoms with Gasteiger partial charge in [0.1, 0.15) is 5.82 Å². The quantitative estimate of drug-likeness (QED) is 0.775. The van der Waals surface area contributed by atoms with E-state index in [9.17, 15) is 9.18 Å². The van der Waals surface area contributed by atoms with Gasteiger partial charge in [-0.1, -0.05) is 24.3 Å². The molecule has 3 aromatic rings. The van der Waals surface area contributed by atoms with Crippen LogP contribution in [0.5, 0.6) is 0 Å². The van der Waals surface area contributed by atoms with E-state index in [-0.39, 0.29) is 11.7 Å². The number of thiophene rings is 1. The fraction of sp³-hybridized carbons (Fsp3) is 0.118. The molecule has 1 amide bonds. The minimum absolute atomic E-state index is 0.165. The zero-order valence-corrected chi connectivity index (χ0v) is 12.1. The van der Waals surface area contributed by atoms with Gasteiger partial charge < -0.3 is 5.32 Å². The average molecular weight is 299 g/mol. The van der Waals surface area contributed by atoms with Crippen LogP contribution >= 0.6 is 11.3 Å². The number of nitrogens with one attached hydrogen (secondary N) is 1. The van der Waals surface area contributed by atoms with Gasteiger partial charge in [0.15, 0.2) is 0 Å². The summed E-state index contributed by atoms with van der Waals surface area (Å²) >= 11 is 1.64. The molecule has 1 N–H and O–H groups in total. The molecule has 1 aromatic heterocycles. The second kappa shape index (κ2) is 6.06. The standard InChI is InChI=1S/C17H14FNOS/c18-16-6-5-15(13-3-1-2-4-14(13)16)17(20)19-9-7-12-8-10-21-11-12/h1-6,8,10-11H,7,9H2,(H,19,20). The molecule has 2 aromatic carbocycles. The lowest BCUT2D eigenvalue weighted by Crippen LogP contribution is -2.25. The van der Waals surface area contributed by atoms with E-state index in [0.717, 1.165) is 6.42 Å².